The molecular weight excluding hydrogens is 590 g/mol. The number of anilines is 2. The average Bonchev–Trinajstić information content (AvgIpc) is 3.55. The largest absolute Gasteiger partial charge is 0.384 e. The standard InChI is InChI=1S/C31H32ClN5O5S/c1-41-14-15-43(39,40)25-6-7-26(28(32)17-25)27-16-22-18-34-31(36-29(22)37(30(27)38)24-10-13-42-19-24)35-23-4-2-20(3-5-23)21-8-11-33-12-9-21/h2-8,16-18,24,33H,9-15,19H2,1H3,(H,34,35,36). The van der Waals surface area contributed by atoms with Gasteiger partial charge in [0.2, 0.25) is 5.95 Å². The third-order valence-corrected chi connectivity index (χ3v) is 9.75. The summed E-state index contributed by atoms with van der Waals surface area (Å²) in [5, 5.41) is 7.40. The van der Waals surface area contributed by atoms with Crippen LogP contribution in [0.25, 0.3) is 27.7 Å². The number of pyridine rings is 1. The monoisotopic (exact) mass is 621 g/mol. The number of nitrogens with zero attached hydrogens (tertiary/aromatic N) is 3. The number of sulfone groups is 1. The van der Waals surface area contributed by atoms with Crippen LogP contribution in [0.3, 0.4) is 0 Å². The zero-order valence-electron chi connectivity index (χ0n) is 23.7. The number of ether oxygens (including phenoxy) is 2. The van der Waals surface area contributed by atoms with Crippen LogP contribution in [0.5, 0.6) is 0 Å². The highest BCUT2D eigenvalue weighted by Crippen LogP contribution is 2.32. The molecule has 1 atom stereocenters. The summed E-state index contributed by atoms with van der Waals surface area (Å²) in [6.07, 6.45) is 5.53. The van der Waals surface area contributed by atoms with Gasteiger partial charge in [0.1, 0.15) is 5.65 Å². The lowest BCUT2D eigenvalue weighted by Crippen LogP contribution is -2.27. The van der Waals surface area contributed by atoms with E-state index >= 15 is 0 Å². The van der Waals surface area contributed by atoms with Gasteiger partial charge in [-0.1, -0.05) is 35.9 Å². The van der Waals surface area contributed by atoms with Gasteiger partial charge in [0.05, 0.1) is 29.9 Å². The molecule has 0 saturated carbocycles. The van der Waals surface area contributed by atoms with Crippen molar-refractivity contribution in [2.45, 2.75) is 23.8 Å². The van der Waals surface area contributed by atoms with Gasteiger partial charge in [-0.2, -0.15) is 4.98 Å². The van der Waals surface area contributed by atoms with Crippen molar-refractivity contribution in [3.05, 3.63) is 81.7 Å². The molecule has 2 aliphatic heterocycles. The quantitative estimate of drug-likeness (QED) is 0.276. The van der Waals surface area contributed by atoms with Crippen LogP contribution < -0.4 is 16.2 Å². The van der Waals surface area contributed by atoms with E-state index in [1.54, 1.807) is 22.9 Å². The number of aromatic nitrogens is 3. The zero-order chi connectivity index (χ0) is 30.0. The van der Waals surface area contributed by atoms with Gasteiger partial charge in [-0.3, -0.25) is 9.36 Å². The maximum atomic E-state index is 14.0. The molecule has 1 unspecified atom stereocenters. The number of hydrogen-bond acceptors (Lipinski definition) is 9. The second-order valence-corrected chi connectivity index (χ2v) is 13.1. The molecule has 0 spiro atoms. The summed E-state index contributed by atoms with van der Waals surface area (Å²) in [7, 11) is -2.15. The van der Waals surface area contributed by atoms with Crippen molar-refractivity contribution in [3.8, 4) is 11.1 Å². The minimum absolute atomic E-state index is 0.0683. The Kier molecular flexibility index (Phi) is 8.60. The molecule has 10 nitrogen and oxygen atoms in total. The van der Waals surface area contributed by atoms with E-state index in [0.717, 1.165) is 25.2 Å². The summed E-state index contributed by atoms with van der Waals surface area (Å²) in [6.45, 7) is 2.83. The first kappa shape index (κ1) is 29.5. The number of nitrogens with one attached hydrogen (secondary N) is 2. The van der Waals surface area contributed by atoms with Crippen LogP contribution in [-0.2, 0) is 19.3 Å². The van der Waals surface area contributed by atoms with Crippen LogP contribution >= 0.6 is 11.6 Å². The van der Waals surface area contributed by atoms with Gasteiger partial charge in [-0.15, -0.1) is 0 Å². The van der Waals surface area contributed by atoms with Crippen LogP contribution in [0.4, 0.5) is 11.6 Å². The summed E-state index contributed by atoms with van der Waals surface area (Å²) in [5.41, 5.74) is 4.30. The van der Waals surface area contributed by atoms with E-state index in [-0.39, 0.29) is 33.9 Å². The molecule has 2 aromatic heterocycles. The van der Waals surface area contributed by atoms with E-state index in [0.29, 0.717) is 47.7 Å². The van der Waals surface area contributed by atoms with E-state index in [9.17, 15) is 13.2 Å². The average molecular weight is 622 g/mol. The van der Waals surface area contributed by atoms with Gasteiger partial charge < -0.3 is 20.1 Å². The molecule has 6 rings (SSSR count). The maximum Gasteiger partial charge on any atom is 0.260 e. The summed E-state index contributed by atoms with van der Waals surface area (Å²) in [4.78, 5) is 23.4. The minimum Gasteiger partial charge on any atom is -0.384 e. The van der Waals surface area contributed by atoms with Crippen LogP contribution in [0, 0.1) is 0 Å². The Balaban J connectivity index is 1.36. The minimum atomic E-state index is -3.59. The number of methoxy groups -OCH3 is 1. The van der Waals surface area contributed by atoms with Gasteiger partial charge in [-0.25, -0.2) is 13.4 Å². The van der Waals surface area contributed by atoms with Gasteiger partial charge in [0.15, 0.2) is 9.84 Å². The Morgan fingerprint density at radius 3 is 2.70 bits per heavy atom. The maximum absolute atomic E-state index is 14.0. The van der Waals surface area contributed by atoms with Crippen LogP contribution in [-0.4, -0.2) is 68.7 Å². The molecular formula is C31H32ClN5O5S. The molecule has 4 aromatic rings. The fourth-order valence-corrected chi connectivity index (χ4v) is 6.98. The Morgan fingerprint density at radius 2 is 2.00 bits per heavy atom. The molecule has 0 aliphatic carbocycles. The highest BCUT2D eigenvalue weighted by molar-refractivity contribution is 7.91. The zero-order valence-corrected chi connectivity index (χ0v) is 25.2. The number of halogens is 1. The van der Waals surface area contributed by atoms with E-state index in [1.807, 2.05) is 12.1 Å². The van der Waals surface area contributed by atoms with E-state index in [1.165, 1.54) is 30.4 Å². The topological polar surface area (TPSA) is 124 Å². The Hall–Kier alpha value is -3.61. The number of fused-ring (bicyclic) bond motifs is 1. The molecule has 2 aliphatic rings. The molecule has 0 bridgehead atoms. The van der Waals surface area contributed by atoms with Gasteiger partial charge >= 0.3 is 0 Å². The first-order chi connectivity index (χ1) is 20.8. The second kappa shape index (κ2) is 12.6. The molecule has 2 aromatic carbocycles. The number of hydrogen-bond donors (Lipinski definition) is 2. The normalized spacial score (nSPS) is 17.3. The first-order valence-electron chi connectivity index (χ1n) is 14.1. The van der Waals surface area contributed by atoms with Crippen molar-refractivity contribution in [3.63, 3.8) is 0 Å². The fraction of sp³-hybridized carbons (Fsp3) is 0.323. The molecule has 1 fully saturated rings. The fourth-order valence-electron chi connectivity index (χ4n) is 5.44. The Morgan fingerprint density at radius 1 is 1.16 bits per heavy atom. The number of rotatable bonds is 9. The summed E-state index contributed by atoms with van der Waals surface area (Å²) >= 11 is 6.60. The first-order valence-corrected chi connectivity index (χ1v) is 16.2. The van der Waals surface area contributed by atoms with Gasteiger partial charge in [-0.05, 0) is 60.9 Å². The Labute approximate surface area is 254 Å². The van der Waals surface area contributed by atoms with E-state index in [2.05, 4.69) is 33.8 Å². The third kappa shape index (κ3) is 6.22. The van der Waals surface area contributed by atoms with Crippen LogP contribution in [0.1, 0.15) is 24.4 Å². The van der Waals surface area contributed by atoms with Crippen molar-refractivity contribution in [1.29, 1.82) is 0 Å². The lowest BCUT2D eigenvalue weighted by Gasteiger charge is -2.18. The van der Waals surface area contributed by atoms with Crippen molar-refractivity contribution in [2.24, 2.45) is 0 Å². The smallest absolute Gasteiger partial charge is 0.260 e. The lowest BCUT2D eigenvalue weighted by molar-refractivity contribution is 0.186. The van der Waals surface area contributed by atoms with Crippen molar-refractivity contribution < 1.29 is 17.9 Å². The van der Waals surface area contributed by atoms with E-state index in [4.69, 9.17) is 26.1 Å². The van der Waals surface area contributed by atoms with Crippen molar-refractivity contribution in [1.82, 2.24) is 19.9 Å². The van der Waals surface area contributed by atoms with Gasteiger partial charge in [0.25, 0.3) is 5.56 Å². The molecule has 2 N–H and O–H groups in total. The predicted octanol–water partition coefficient (Wildman–Crippen LogP) is 4.61. The number of benzene rings is 2. The molecule has 0 radical (unpaired) electrons. The molecule has 12 heteroatoms. The predicted molar refractivity (Wildman–Crippen MR) is 168 cm³/mol. The summed E-state index contributed by atoms with van der Waals surface area (Å²) in [6, 6.07) is 14.0. The van der Waals surface area contributed by atoms with Gasteiger partial charge in [0, 0.05) is 53.7 Å². The summed E-state index contributed by atoms with van der Waals surface area (Å²) in [5.74, 6) is 0.196. The molecule has 1 saturated heterocycles. The lowest BCUT2D eigenvalue weighted by atomic mass is 10.0. The third-order valence-electron chi connectivity index (χ3n) is 7.77. The molecule has 0 amide bonds. The highest BCUT2D eigenvalue weighted by atomic mass is 35.5. The SMILES string of the molecule is COCCS(=O)(=O)c1ccc(-c2cc3cnc(Nc4ccc(C5=CCNCC5)cc4)nc3n(C3CCOC3)c2=O)c(Cl)c1. The van der Waals surface area contributed by atoms with Crippen molar-refractivity contribution >= 4 is 49.7 Å². The van der Waals surface area contributed by atoms with Crippen LogP contribution in [0.15, 0.2) is 70.5 Å². The van der Waals surface area contributed by atoms with Crippen LogP contribution in [0.2, 0.25) is 5.02 Å². The molecule has 43 heavy (non-hydrogen) atoms. The Bertz CT molecular complexity index is 1850. The van der Waals surface area contributed by atoms with Crippen molar-refractivity contribution in [2.75, 3.05) is 51.1 Å². The molecule has 4 heterocycles. The summed E-state index contributed by atoms with van der Waals surface area (Å²) < 4.78 is 37.5. The molecule has 224 valence electrons. The highest BCUT2D eigenvalue weighted by Gasteiger charge is 2.25. The van der Waals surface area contributed by atoms with E-state index < -0.39 is 9.84 Å². The second-order valence-electron chi connectivity index (χ2n) is 10.6.